The van der Waals surface area contributed by atoms with Gasteiger partial charge in [0, 0.05) is 0 Å². The highest BCUT2D eigenvalue weighted by atomic mass is 32.2. The van der Waals surface area contributed by atoms with E-state index in [4.69, 9.17) is 9.47 Å². The van der Waals surface area contributed by atoms with Crippen LogP contribution in [-0.4, -0.2) is 40.3 Å². The molecule has 4 aromatic rings. The van der Waals surface area contributed by atoms with Crippen LogP contribution in [0.1, 0.15) is 38.5 Å². The number of benzene rings is 4. The van der Waals surface area contributed by atoms with Crippen molar-refractivity contribution in [2.45, 2.75) is 58.1 Å². The Labute approximate surface area is 247 Å². The van der Waals surface area contributed by atoms with Crippen LogP contribution < -0.4 is 9.47 Å². The Kier molecular flexibility index (Phi) is 10.5. The van der Waals surface area contributed by atoms with E-state index in [-0.39, 0.29) is 31.1 Å². The third kappa shape index (κ3) is 8.27. The van der Waals surface area contributed by atoms with E-state index in [1.807, 2.05) is 0 Å². The van der Waals surface area contributed by atoms with Crippen LogP contribution in [0.15, 0.2) is 117 Å². The van der Waals surface area contributed by atoms with Gasteiger partial charge in [-0.25, -0.2) is 16.8 Å². The standard InChI is InChI=1S/C32H34O8S2/c33-25-7-15-29(16-8-25)41(35,36)31-19-11-27(12-20-31)39-23-5-3-1-2-4-6-24-40-28-13-21-32(22-14-28)42(37,38)30-17-9-26(34)10-18-30/h7-22,33-34H,1-6,23-24H2. The molecular weight excluding hydrogens is 576 g/mol. The van der Waals surface area contributed by atoms with Crippen molar-refractivity contribution in [3.05, 3.63) is 97.1 Å². The maximum absolute atomic E-state index is 12.7. The summed E-state index contributed by atoms with van der Waals surface area (Å²) in [6.45, 7) is 1.09. The molecule has 0 fully saturated rings. The van der Waals surface area contributed by atoms with Crippen LogP contribution in [0.3, 0.4) is 0 Å². The summed E-state index contributed by atoms with van der Waals surface area (Å²) in [5, 5.41) is 18.8. The van der Waals surface area contributed by atoms with Crippen molar-refractivity contribution in [3.63, 3.8) is 0 Å². The van der Waals surface area contributed by atoms with E-state index in [1.165, 1.54) is 72.8 Å². The Bertz CT molecular complexity index is 1500. The molecule has 222 valence electrons. The van der Waals surface area contributed by atoms with Crippen LogP contribution in [0.2, 0.25) is 0 Å². The quantitative estimate of drug-likeness (QED) is 0.145. The summed E-state index contributed by atoms with van der Waals surface area (Å²) in [6.07, 6.45) is 5.96. The molecule has 4 aromatic carbocycles. The van der Waals surface area contributed by atoms with Gasteiger partial charge in [0.15, 0.2) is 0 Å². The summed E-state index contributed by atoms with van der Waals surface area (Å²) in [5.41, 5.74) is 0. The summed E-state index contributed by atoms with van der Waals surface area (Å²) < 4.78 is 62.3. The molecule has 0 amide bonds. The van der Waals surface area contributed by atoms with Crippen molar-refractivity contribution in [3.8, 4) is 23.0 Å². The first-order valence-electron chi connectivity index (χ1n) is 13.7. The van der Waals surface area contributed by atoms with E-state index in [9.17, 15) is 27.0 Å². The molecule has 0 saturated heterocycles. The topological polar surface area (TPSA) is 127 Å². The molecule has 0 saturated carbocycles. The maximum atomic E-state index is 12.7. The van der Waals surface area contributed by atoms with E-state index in [0.717, 1.165) is 38.5 Å². The average molecular weight is 611 g/mol. The summed E-state index contributed by atoms with van der Waals surface area (Å²) in [4.78, 5) is 0.574. The Morgan fingerprint density at radius 1 is 0.405 bits per heavy atom. The highest BCUT2D eigenvalue weighted by Gasteiger charge is 2.18. The molecule has 0 aromatic heterocycles. The number of hydrogen-bond donors (Lipinski definition) is 2. The number of unbranched alkanes of at least 4 members (excludes halogenated alkanes) is 5. The first kappa shape index (κ1) is 30.9. The van der Waals surface area contributed by atoms with Gasteiger partial charge in [-0.2, -0.15) is 0 Å². The first-order chi connectivity index (χ1) is 20.2. The molecule has 0 aliphatic rings. The number of rotatable bonds is 15. The summed E-state index contributed by atoms with van der Waals surface area (Å²) in [6, 6.07) is 23.6. The third-order valence-corrected chi connectivity index (χ3v) is 10.2. The van der Waals surface area contributed by atoms with Gasteiger partial charge in [-0.15, -0.1) is 0 Å². The molecule has 0 radical (unpaired) electrons. The van der Waals surface area contributed by atoms with Crippen molar-refractivity contribution in [1.82, 2.24) is 0 Å². The highest BCUT2D eigenvalue weighted by Crippen LogP contribution is 2.26. The van der Waals surface area contributed by atoms with Crippen LogP contribution in [0.4, 0.5) is 0 Å². The van der Waals surface area contributed by atoms with Gasteiger partial charge in [0.05, 0.1) is 32.8 Å². The molecule has 0 bridgehead atoms. The minimum absolute atomic E-state index is 0.0100. The normalized spacial score (nSPS) is 11.7. The van der Waals surface area contributed by atoms with E-state index < -0.39 is 19.7 Å². The largest absolute Gasteiger partial charge is 0.508 e. The van der Waals surface area contributed by atoms with Gasteiger partial charge < -0.3 is 19.7 Å². The average Bonchev–Trinajstić information content (AvgIpc) is 2.99. The van der Waals surface area contributed by atoms with Crippen LogP contribution in [0, 0.1) is 0 Å². The molecule has 2 N–H and O–H groups in total. The predicted molar refractivity (Wildman–Crippen MR) is 159 cm³/mol. The van der Waals surface area contributed by atoms with Crippen molar-refractivity contribution in [2.75, 3.05) is 13.2 Å². The zero-order chi connectivity index (χ0) is 30.0. The number of phenols is 2. The Morgan fingerprint density at radius 2 is 0.667 bits per heavy atom. The van der Waals surface area contributed by atoms with Crippen LogP contribution in [0.5, 0.6) is 23.0 Å². The molecule has 0 aliphatic heterocycles. The molecule has 0 heterocycles. The van der Waals surface area contributed by atoms with Crippen LogP contribution in [0.25, 0.3) is 0 Å². The van der Waals surface area contributed by atoms with Gasteiger partial charge in [-0.3, -0.25) is 0 Å². The van der Waals surface area contributed by atoms with Gasteiger partial charge in [-0.1, -0.05) is 25.7 Å². The van der Waals surface area contributed by atoms with E-state index >= 15 is 0 Å². The third-order valence-electron chi connectivity index (χ3n) is 6.64. The summed E-state index contributed by atoms with van der Waals surface area (Å²) in [5.74, 6) is 1.25. The number of sulfone groups is 2. The van der Waals surface area contributed by atoms with Crippen LogP contribution >= 0.6 is 0 Å². The molecular formula is C32H34O8S2. The second kappa shape index (κ2) is 14.2. The highest BCUT2D eigenvalue weighted by molar-refractivity contribution is 7.91. The molecule has 42 heavy (non-hydrogen) atoms. The Balaban J connectivity index is 1.07. The van der Waals surface area contributed by atoms with E-state index in [2.05, 4.69) is 0 Å². The van der Waals surface area contributed by atoms with Crippen molar-refractivity contribution in [2.24, 2.45) is 0 Å². The van der Waals surface area contributed by atoms with Crippen LogP contribution in [-0.2, 0) is 19.7 Å². The van der Waals surface area contributed by atoms with E-state index in [1.54, 1.807) is 24.3 Å². The minimum Gasteiger partial charge on any atom is -0.508 e. The molecule has 8 nitrogen and oxygen atoms in total. The SMILES string of the molecule is O=S(=O)(c1ccc(O)cc1)c1ccc(OCCCCCCCCOc2ccc(S(=O)(=O)c3ccc(O)cc3)cc2)cc1. The van der Waals surface area contributed by atoms with Gasteiger partial charge in [0.2, 0.25) is 19.7 Å². The number of aromatic hydroxyl groups is 2. The lowest BCUT2D eigenvalue weighted by Crippen LogP contribution is -2.02. The van der Waals surface area contributed by atoms with Gasteiger partial charge in [0.25, 0.3) is 0 Å². The van der Waals surface area contributed by atoms with Crippen molar-refractivity contribution < 1.29 is 36.5 Å². The summed E-state index contributed by atoms with van der Waals surface area (Å²) >= 11 is 0. The molecule has 0 aliphatic carbocycles. The fourth-order valence-corrected chi connectivity index (χ4v) is 6.77. The number of ether oxygens (including phenoxy) is 2. The lowest BCUT2D eigenvalue weighted by molar-refractivity contribution is 0.297. The Hall–Kier alpha value is -4.02. The second-order valence-corrected chi connectivity index (χ2v) is 13.7. The minimum atomic E-state index is -3.65. The zero-order valence-corrected chi connectivity index (χ0v) is 24.7. The molecule has 0 unspecified atom stereocenters. The molecule has 10 heteroatoms. The Morgan fingerprint density at radius 3 is 0.976 bits per heavy atom. The second-order valence-electron chi connectivity index (χ2n) is 9.76. The van der Waals surface area contributed by atoms with Crippen molar-refractivity contribution in [1.29, 1.82) is 0 Å². The maximum Gasteiger partial charge on any atom is 0.206 e. The molecule has 0 spiro atoms. The van der Waals surface area contributed by atoms with Gasteiger partial charge >= 0.3 is 0 Å². The zero-order valence-electron chi connectivity index (χ0n) is 23.1. The fourth-order valence-electron chi connectivity index (χ4n) is 4.24. The predicted octanol–water partition coefficient (Wildman–Crippen LogP) is 6.56. The van der Waals surface area contributed by atoms with Crippen molar-refractivity contribution >= 4 is 19.7 Å². The first-order valence-corrected chi connectivity index (χ1v) is 16.7. The molecule has 4 rings (SSSR count). The number of phenolic OH excluding ortho intramolecular Hbond substituents is 2. The number of hydrogen-bond acceptors (Lipinski definition) is 8. The summed E-state index contributed by atoms with van der Waals surface area (Å²) in [7, 11) is -7.31. The fraction of sp³-hybridized carbons (Fsp3) is 0.250. The lowest BCUT2D eigenvalue weighted by Gasteiger charge is -2.09. The monoisotopic (exact) mass is 610 g/mol. The smallest absolute Gasteiger partial charge is 0.206 e. The van der Waals surface area contributed by atoms with Gasteiger partial charge in [-0.05, 0) is 110 Å². The lowest BCUT2D eigenvalue weighted by atomic mass is 10.1. The molecule has 0 atom stereocenters. The van der Waals surface area contributed by atoms with Gasteiger partial charge in [0.1, 0.15) is 23.0 Å². The van der Waals surface area contributed by atoms with E-state index in [0.29, 0.717) is 24.7 Å².